The number of carboxylic acid groups (broad SMARTS) is 1. The first-order valence-electron chi connectivity index (χ1n) is 4.91. The minimum atomic E-state index is -3.06. The van der Waals surface area contributed by atoms with Crippen molar-refractivity contribution in [2.24, 2.45) is 0 Å². The summed E-state index contributed by atoms with van der Waals surface area (Å²) in [6, 6.07) is 2.65. The molecule has 1 aromatic rings. The molecule has 0 aliphatic rings. The Hall–Kier alpha value is -1.63. The van der Waals surface area contributed by atoms with E-state index in [1.165, 1.54) is 12.3 Å². The Morgan fingerprint density at radius 3 is 2.76 bits per heavy atom. The van der Waals surface area contributed by atoms with Gasteiger partial charge >= 0.3 is 5.97 Å². The Bertz CT molecular complexity index is 513. The van der Waals surface area contributed by atoms with Gasteiger partial charge in [-0.05, 0) is 19.1 Å². The van der Waals surface area contributed by atoms with Gasteiger partial charge < -0.3 is 10.4 Å². The zero-order chi connectivity index (χ0) is 13.1. The Morgan fingerprint density at radius 1 is 1.59 bits per heavy atom. The van der Waals surface area contributed by atoms with Gasteiger partial charge in [-0.25, -0.2) is 18.2 Å². The third-order valence-corrected chi connectivity index (χ3v) is 3.05. The van der Waals surface area contributed by atoms with Crippen molar-refractivity contribution >= 4 is 21.5 Å². The molecule has 1 rings (SSSR count). The van der Waals surface area contributed by atoms with Crippen LogP contribution in [0.3, 0.4) is 0 Å². The van der Waals surface area contributed by atoms with Gasteiger partial charge in [-0.1, -0.05) is 0 Å². The van der Waals surface area contributed by atoms with Crippen LogP contribution in [0.25, 0.3) is 0 Å². The summed E-state index contributed by atoms with van der Waals surface area (Å²) in [5.41, 5.74) is 0.454. The molecule has 1 unspecified atom stereocenters. The second kappa shape index (κ2) is 5.13. The van der Waals surface area contributed by atoms with E-state index in [-0.39, 0.29) is 17.5 Å². The molecule has 0 aliphatic carbocycles. The van der Waals surface area contributed by atoms with E-state index in [0.717, 1.165) is 6.26 Å². The summed E-state index contributed by atoms with van der Waals surface area (Å²) in [6.45, 7) is 1.71. The minimum Gasteiger partial charge on any atom is -0.477 e. The van der Waals surface area contributed by atoms with Crippen molar-refractivity contribution in [3.8, 4) is 0 Å². The van der Waals surface area contributed by atoms with Crippen LogP contribution >= 0.6 is 0 Å². The molecule has 0 spiro atoms. The molecule has 0 saturated carbocycles. The molecule has 2 N–H and O–H groups in total. The molecule has 0 aromatic carbocycles. The number of hydrogen-bond acceptors (Lipinski definition) is 5. The molecule has 0 bridgehead atoms. The molecule has 94 valence electrons. The van der Waals surface area contributed by atoms with E-state index in [2.05, 4.69) is 10.3 Å². The zero-order valence-electron chi connectivity index (χ0n) is 9.54. The second-order valence-corrected chi connectivity index (χ2v) is 6.06. The zero-order valence-corrected chi connectivity index (χ0v) is 10.4. The van der Waals surface area contributed by atoms with E-state index in [9.17, 15) is 13.2 Å². The maximum atomic E-state index is 11.1. The van der Waals surface area contributed by atoms with Crippen LogP contribution in [-0.4, -0.2) is 42.5 Å². The van der Waals surface area contributed by atoms with Gasteiger partial charge in [0, 0.05) is 24.2 Å². The lowest BCUT2D eigenvalue weighted by Gasteiger charge is -2.14. The van der Waals surface area contributed by atoms with Crippen LogP contribution in [0.15, 0.2) is 18.3 Å². The number of pyridine rings is 1. The lowest BCUT2D eigenvalue weighted by Crippen LogP contribution is -2.25. The van der Waals surface area contributed by atoms with Crippen molar-refractivity contribution in [2.45, 2.75) is 13.0 Å². The highest BCUT2D eigenvalue weighted by molar-refractivity contribution is 7.90. The molecule has 0 radical (unpaired) electrons. The van der Waals surface area contributed by atoms with Crippen LogP contribution in [0.2, 0.25) is 0 Å². The summed E-state index contributed by atoms with van der Waals surface area (Å²) in [7, 11) is -3.06. The van der Waals surface area contributed by atoms with E-state index in [1.807, 2.05) is 0 Å². The van der Waals surface area contributed by atoms with Crippen molar-refractivity contribution in [1.82, 2.24) is 4.98 Å². The van der Waals surface area contributed by atoms with Crippen molar-refractivity contribution < 1.29 is 18.3 Å². The van der Waals surface area contributed by atoms with Crippen molar-refractivity contribution in [1.29, 1.82) is 0 Å². The molecular formula is C10H14N2O4S. The molecule has 0 aliphatic heterocycles. The number of aromatic nitrogens is 1. The molecule has 1 heterocycles. The van der Waals surface area contributed by atoms with Crippen molar-refractivity contribution in [3.05, 3.63) is 24.0 Å². The number of carboxylic acids is 1. The minimum absolute atomic E-state index is 0.0161. The maximum Gasteiger partial charge on any atom is 0.354 e. The average Bonchev–Trinajstić information content (AvgIpc) is 2.14. The first-order valence-corrected chi connectivity index (χ1v) is 6.97. The molecule has 7 heteroatoms. The second-order valence-electron chi connectivity index (χ2n) is 3.87. The first kappa shape index (κ1) is 13.4. The lowest BCUT2D eigenvalue weighted by atomic mass is 10.3. The van der Waals surface area contributed by atoms with Crippen molar-refractivity contribution in [3.63, 3.8) is 0 Å². The molecule has 6 nitrogen and oxygen atoms in total. The quantitative estimate of drug-likeness (QED) is 0.804. The summed E-state index contributed by atoms with van der Waals surface area (Å²) in [5.74, 6) is -1.14. The third-order valence-electron chi connectivity index (χ3n) is 1.94. The largest absolute Gasteiger partial charge is 0.477 e. The summed E-state index contributed by atoms with van der Waals surface area (Å²) >= 11 is 0. The highest BCUT2D eigenvalue weighted by Gasteiger charge is 2.11. The molecule has 1 atom stereocenters. The van der Waals surface area contributed by atoms with Gasteiger partial charge in [0.15, 0.2) is 0 Å². The topological polar surface area (TPSA) is 96.4 Å². The van der Waals surface area contributed by atoms with Gasteiger partial charge in [-0.3, -0.25) is 0 Å². The first-order chi connectivity index (χ1) is 7.78. The fourth-order valence-electron chi connectivity index (χ4n) is 1.42. The lowest BCUT2D eigenvalue weighted by molar-refractivity contribution is 0.0690. The molecule has 17 heavy (non-hydrogen) atoms. The van der Waals surface area contributed by atoms with Crippen LogP contribution in [0.4, 0.5) is 5.69 Å². The van der Waals surface area contributed by atoms with Gasteiger partial charge in [-0.15, -0.1) is 0 Å². The number of sulfone groups is 1. The number of rotatable bonds is 5. The van der Waals surface area contributed by atoms with E-state index in [4.69, 9.17) is 5.11 Å². The van der Waals surface area contributed by atoms with E-state index in [0.29, 0.717) is 5.69 Å². The highest BCUT2D eigenvalue weighted by Crippen LogP contribution is 2.10. The van der Waals surface area contributed by atoms with Crippen LogP contribution in [0, 0.1) is 0 Å². The predicted molar refractivity (Wildman–Crippen MR) is 64.0 cm³/mol. The number of carbonyl (C=O) groups is 1. The normalized spacial score (nSPS) is 13.1. The van der Waals surface area contributed by atoms with Gasteiger partial charge in [0.25, 0.3) is 0 Å². The number of anilines is 1. The number of hydrogen-bond donors (Lipinski definition) is 2. The van der Waals surface area contributed by atoms with Crippen LogP contribution < -0.4 is 5.32 Å². The van der Waals surface area contributed by atoms with Gasteiger partial charge in [0.2, 0.25) is 0 Å². The Labute approximate surface area is 99.6 Å². The predicted octanol–water partition coefficient (Wildman–Crippen LogP) is 0.625. The fourth-order valence-corrected chi connectivity index (χ4v) is 2.41. The summed E-state index contributed by atoms with van der Waals surface area (Å²) < 4.78 is 22.1. The van der Waals surface area contributed by atoms with Crippen LogP contribution in [0.5, 0.6) is 0 Å². The molecule has 1 aromatic heterocycles. The Balaban J connectivity index is 2.75. The maximum absolute atomic E-state index is 11.1. The fraction of sp³-hybridized carbons (Fsp3) is 0.400. The SMILES string of the molecule is CC(CS(C)(=O)=O)Nc1ccnc(C(=O)O)c1. The number of nitrogens with zero attached hydrogens (tertiary/aromatic N) is 1. The molecular weight excluding hydrogens is 244 g/mol. The summed E-state index contributed by atoms with van der Waals surface area (Å²) in [5, 5.41) is 11.7. The number of nitrogens with one attached hydrogen (secondary N) is 1. The van der Waals surface area contributed by atoms with E-state index in [1.54, 1.807) is 13.0 Å². The highest BCUT2D eigenvalue weighted by atomic mass is 32.2. The smallest absolute Gasteiger partial charge is 0.354 e. The summed E-state index contributed by atoms with van der Waals surface area (Å²) in [4.78, 5) is 14.3. The van der Waals surface area contributed by atoms with Gasteiger partial charge in [-0.2, -0.15) is 0 Å². The average molecular weight is 258 g/mol. The summed E-state index contributed by atoms with van der Waals surface area (Å²) in [6.07, 6.45) is 2.51. The Morgan fingerprint density at radius 2 is 2.24 bits per heavy atom. The molecule has 0 saturated heterocycles. The Kier molecular flexibility index (Phi) is 4.06. The number of aromatic carboxylic acids is 1. The monoisotopic (exact) mass is 258 g/mol. The molecule has 0 fully saturated rings. The third kappa shape index (κ3) is 4.81. The molecule has 0 amide bonds. The van der Waals surface area contributed by atoms with Gasteiger partial charge in [0.05, 0.1) is 5.75 Å². The standard InChI is InChI=1S/C10H14N2O4S/c1-7(6-17(2,15)16)12-8-3-4-11-9(5-8)10(13)14/h3-5,7H,6H2,1-2H3,(H,11,12)(H,13,14). The van der Waals surface area contributed by atoms with Crippen LogP contribution in [-0.2, 0) is 9.84 Å². The van der Waals surface area contributed by atoms with Crippen molar-refractivity contribution in [2.75, 3.05) is 17.3 Å². The van der Waals surface area contributed by atoms with Crippen LogP contribution in [0.1, 0.15) is 17.4 Å². The van der Waals surface area contributed by atoms with E-state index >= 15 is 0 Å². The van der Waals surface area contributed by atoms with Gasteiger partial charge in [0.1, 0.15) is 15.5 Å². The van der Waals surface area contributed by atoms with E-state index < -0.39 is 15.8 Å².